The van der Waals surface area contributed by atoms with E-state index in [4.69, 9.17) is 0 Å². The summed E-state index contributed by atoms with van der Waals surface area (Å²) in [5.41, 5.74) is 3.41. The van der Waals surface area contributed by atoms with Gasteiger partial charge in [-0.3, -0.25) is 5.10 Å². The molecule has 0 aliphatic heterocycles. The first-order chi connectivity index (χ1) is 9.83. The highest BCUT2D eigenvalue weighted by Crippen LogP contribution is 2.20. The lowest BCUT2D eigenvalue weighted by molar-refractivity contribution is 0.691. The zero-order valence-corrected chi connectivity index (χ0v) is 12.1. The number of aromatic amines is 1. The Hall–Kier alpha value is -1.98. The van der Waals surface area contributed by atoms with Crippen molar-refractivity contribution in [1.82, 2.24) is 20.5 Å². The second-order valence-corrected chi connectivity index (χ2v) is 5.92. The van der Waals surface area contributed by atoms with Gasteiger partial charge in [-0.1, -0.05) is 30.3 Å². The fraction of sp³-hybridized carbons (Fsp3) is 0.200. The van der Waals surface area contributed by atoms with Gasteiger partial charge in [0.2, 0.25) is 0 Å². The van der Waals surface area contributed by atoms with E-state index in [1.165, 1.54) is 10.4 Å². The molecule has 0 amide bonds. The number of rotatable bonds is 5. The number of hydrogen-bond acceptors (Lipinski definition) is 4. The Kier molecular flexibility index (Phi) is 3.90. The Bertz CT molecular complexity index is 672. The molecule has 0 saturated heterocycles. The molecule has 5 heteroatoms. The molecule has 2 aromatic heterocycles. The lowest BCUT2D eigenvalue weighted by Crippen LogP contribution is -2.12. The van der Waals surface area contributed by atoms with Gasteiger partial charge < -0.3 is 5.32 Å². The third kappa shape index (κ3) is 2.95. The molecule has 2 N–H and O–H groups in total. The molecule has 0 fully saturated rings. The zero-order chi connectivity index (χ0) is 13.8. The molecule has 102 valence electrons. The molecule has 3 aromatic rings. The number of benzene rings is 1. The summed E-state index contributed by atoms with van der Waals surface area (Å²) >= 11 is 1.73. The molecule has 1 aromatic carbocycles. The molecule has 0 unspecified atom stereocenters. The number of aryl methyl sites for hydroxylation is 1. The van der Waals surface area contributed by atoms with Gasteiger partial charge in [0.15, 0.2) is 0 Å². The molecule has 4 nitrogen and oxygen atoms in total. The van der Waals surface area contributed by atoms with Crippen LogP contribution in [0.4, 0.5) is 0 Å². The van der Waals surface area contributed by atoms with Crippen LogP contribution in [0.5, 0.6) is 0 Å². The lowest BCUT2D eigenvalue weighted by Gasteiger charge is -2.04. The van der Waals surface area contributed by atoms with Gasteiger partial charge in [-0.2, -0.15) is 5.10 Å². The summed E-state index contributed by atoms with van der Waals surface area (Å²) in [6.45, 7) is 3.64. The molecule has 3 rings (SSSR count). The molecular formula is C15H16N4S. The second-order valence-electron chi connectivity index (χ2n) is 4.60. The Labute approximate surface area is 121 Å². The van der Waals surface area contributed by atoms with Crippen LogP contribution in [-0.4, -0.2) is 15.2 Å². The average Bonchev–Trinajstić information content (AvgIpc) is 3.09. The highest BCUT2D eigenvalue weighted by atomic mass is 32.1. The van der Waals surface area contributed by atoms with E-state index in [9.17, 15) is 0 Å². The number of hydrogen-bond donors (Lipinski definition) is 2. The maximum atomic E-state index is 4.35. The maximum Gasteiger partial charge on any atom is 0.107 e. The van der Waals surface area contributed by atoms with Crippen molar-refractivity contribution >= 4 is 11.3 Å². The van der Waals surface area contributed by atoms with Crippen LogP contribution in [0.3, 0.4) is 0 Å². The van der Waals surface area contributed by atoms with E-state index in [1.54, 1.807) is 11.3 Å². The van der Waals surface area contributed by atoms with Crippen molar-refractivity contribution < 1.29 is 0 Å². The molecule has 0 bridgehead atoms. The summed E-state index contributed by atoms with van der Waals surface area (Å²) in [4.78, 5) is 5.59. The quantitative estimate of drug-likeness (QED) is 0.757. The van der Waals surface area contributed by atoms with Crippen molar-refractivity contribution in [2.45, 2.75) is 20.0 Å². The molecule has 0 aliphatic carbocycles. The number of thiazole rings is 1. The van der Waals surface area contributed by atoms with Gasteiger partial charge in [0.05, 0.1) is 11.9 Å². The monoisotopic (exact) mass is 284 g/mol. The minimum absolute atomic E-state index is 0.777. The predicted octanol–water partition coefficient (Wildman–Crippen LogP) is 3.13. The van der Waals surface area contributed by atoms with Gasteiger partial charge in [0.1, 0.15) is 5.01 Å². The van der Waals surface area contributed by atoms with Crippen LogP contribution in [0.1, 0.15) is 15.4 Å². The Morgan fingerprint density at radius 2 is 2.00 bits per heavy atom. The van der Waals surface area contributed by atoms with Crippen molar-refractivity contribution in [1.29, 1.82) is 0 Å². The zero-order valence-electron chi connectivity index (χ0n) is 11.3. The first-order valence-electron chi connectivity index (χ1n) is 6.52. The van der Waals surface area contributed by atoms with Gasteiger partial charge in [-0.15, -0.1) is 11.3 Å². The number of H-pyrrole nitrogens is 1. The first kappa shape index (κ1) is 13.0. The summed E-state index contributed by atoms with van der Waals surface area (Å²) in [7, 11) is 0. The second kappa shape index (κ2) is 5.98. The Morgan fingerprint density at radius 3 is 2.75 bits per heavy atom. The molecule has 2 heterocycles. The van der Waals surface area contributed by atoms with E-state index in [1.807, 2.05) is 30.6 Å². The normalized spacial score (nSPS) is 10.8. The number of aromatic nitrogens is 3. The molecule has 0 atom stereocenters. The van der Waals surface area contributed by atoms with Crippen molar-refractivity contribution in [2.75, 3.05) is 0 Å². The van der Waals surface area contributed by atoms with E-state index in [2.05, 4.69) is 39.6 Å². The van der Waals surface area contributed by atoms with E-state index < -0.39 is 0 Å². The Balaban J connectivity index is 1.65. The van der Waals surface area contributed by atoms with Crippen LogP contribution in [0.15, 0.2) is 42.7 Å². The molecule has 0 aliphatic rings. The van der Waals surface area contributed by atoms with Crippen LogP contribution >= 0.6 is 11.3 Å². The van der Waals surface area contributed by atoms with Gasteiger partial charge in [0, 0.05) is 29.7 Å². The van der Waals surface area contributed by atoms with Gasteiger partial charge in [-0.25, -0.2) is 4.98 Å². The summed E-state index contributed by atoms with van der Waals surface area (Å²) in [6.07, 6.45) is 3.79. The Morgan fingerprint density at radius 1 is 1.15 bits per heavy atom. The summed E-state index contributed by atoms with van der Waals surface area (Å²) in [5, 5.41) is 11.8. The predicted molar refractivity (Wildman–Crippen MR) is 81.4 cm³/mol. The highest BCUT2D eigenvalue weighted by molar-refractivity contribution is 7.11. The molecule has 0 radical (unpaired) electrons. The van der Waals surface area contributed by atoms with Crippen molar-refractivity contribution in [2.24, 2.45) is 0 Å². The van der Waals surface area contributed by atoms with E-state index in [-0.39, 0.29) is 0 Å². The van der Waals surface area contributed by atoms with Crippen molar-refractivity contribution in [3.63, 3.8) is 0 Å². The third-order valence-electron chi connectivity index (χ3n) is 3.04. The minimum Gasteiger partial charge on any atom is -0.306 e. The summed E-state index contributed by atoms with van der Waals surface area (Å²) in [5.74, 6) is 0. The van der Waals surface area contributed by atoms with Crippen LogP contribution in [0, 0.1) is 6.92 Å². The SMILES string of the molecule is Cc1cnc(CNCc2cn[nH]c2-c2ccccc2)s1. The van der Waals surface area contributed by atoms with Crippen LogP contribution in [0.25, 0.3) is 11.3 Å². The first-order valence-corrected chi connectivity index (χ1v) is 7.34. The largest absolute Gasteiger partial charge is 0.306 e. The van der Waals surface area contributed by atoms with Gasteiger partial charge >= 0.3 is 0 Å². The van der Waals surface area contributed by atoms with Crippen molar-refractivity contribution in [3.05, 3.63) is 58.2 Å². The lowest BCUT2D eigenvalue weighted by atomic mass is 10.1. The van der Waals surface area contributed by atoms with Crippen LogP contribution in [0.2, 0.25) is 0 Å². The molecule has 0 saturated carbocycles. The fourth-order valence-corrected chi connectivity index (χ4v) is 2.84. The van der Waals surface area contributed by atoms with Gasteiger partial charge in [0.25, 0.3) is 0 Å². The van der Waals surface area contributed by atoms with Crippen molar-refractivity contribution in [3.8, 4) is 11.3 Å². The smallest absolute Gasteiger partial charge is 0.107 e. The molecule has 0 spiro atoms. The van der Waals surface area contributed by atoms with Gasteiger partial charge in [-0.05, 0) is 12.5 Å². The average molecular weight is 284 g/mol. The van der Waals surface area contributed by atoms with Crippen LogP contribution in [-0.2, 0) is 13.1 Å². The third-order valence-corrected chi connectivity index (χ3v) is 3.95. The van der Waals surface area contributed by atoms with Crippen LogP contribution < -0.4 is 5.32 Å². The van der Waals surface area contributed by atoms with E-state index in [0.29, 0.717) is 0 Å². The summed E-state index contributed by atoms with van der Waals surface area (Å²) < 4.78 is 0. The standard InChI is InChI=1S/C15H16N4S/c1-11-7-17-14(20-11)10-16-8-13-9-18-19-15(13)12-5-3-2-4-6-12/h2-7,9,16H,8,10H2,1H3,(H,18,19). The topological polar surface area (TPSA) is 53.6 Å². The highest BCUT2D eigenvalue weighted by Gasteiger charge is 2.07. The maximum absolute atomic E-state index is 4.35. The minimum atomic E-state index is 0.777. The fourth-order valence-electron chi connectivity index (χ4n) is 2.09. The van der Waals surface area contributed by atoms with E-state index >= 15 is 0 Å². The molecule has 20 heavy (non-hydrogen) atoms. The number of nitrogens with zero attached hydrogens (tertiary/aromatic N) is 2. The number of nitrogens with one attached hydrogen (secondary N) is 2. The summed E-state index contributed by atoms with van der Waals surface area (Å²) in [6, 6.07) is 10.3. The van der Waals surface area contributed by atoms with E-state index in [0.717, 1.165) is 29.4 Å². The molecular weight excluding hydrogens is 268 g/mol.